The van der Waals surface area contributed by atoms with Crippen LogP contribution in [0.4, 0.5) is 0 Å². The van der Waals surface area contributed by atoms with Crippen LogP contribution >= 0.6 is 11.6 Å². The Morgan fingerprint density at radius 2 is 1.41 bits per heavy atom. The van der Waals surface area contributed by atoms with Gasteiger partial charge < -0.3 is 9.47 Å². The molecular weight excluding hydrogens is 368 g/mol. The Morgan fingerprint density at radius 1 is 0.852 bits per heavy atom. The molecule has 0 saturated heterocycles. The first-order chi connectivity index (χ1) is 12.8. The van der Waals surface area contributed by atoms with Gasteiger partial charge in [-0.05, 0) is 62.6 Å². The molecule has 7 heteroatoms. The van der Waals surface area contributed by atoms with E-state index in [1.807, 2.05) is 39.8 Å². The summed E-state index contributed by atoms with van der Waals surface area (Å²) in [5, 5.41) is 0.669. The van der Waals surface area contributed by atoms with Gasteiger partial charge in [-0.25, -0.2) is 0 Å². The van der Waals surface area contributed by atoms with E-state index in [0.29, 0.717) is 16.5 Å². The minimum absolute atomic E-state index is 0.208. The summed E-state index contributed by atoms with van der Waals surface area (Å²) in [6.07, 6.45) is 0. The molecule has 27 heavy (non-hydrogen) atoms. The van der Waals surface area contributed by atoms with E-state index in [1.165, 1.54) is 0 Å². The van der Waals surface area contributed by atoms with Crippen LogP contribution in [0, 0.1) is 27.7 Å². The molecule has 2 amide bonds. The van der Waals surface area contributed by atoms with Crippen LogP contribution in [-0.4, -0.2) is 25.0 Å². The van der Waals surface area contributed by atoms with E-state index in [-0.39, 0.29) is 13.2 Å². The molecule has 0 heterocycles. The van der Waals surface area contributed by atoms with E-state index in [9.17, 15) is 9.59 Å². The Labute approximate surface area is 163 Å². The van der Waals surface area contributed by atoms with Crippen molar-refractivity contribution in [1.29, 1.82) is 0 Å². The summed E-state index contributed by atoms with van der Waals surface area (Å²) in [4.78, 5) is 23.6. The van der Waals surface area contributed by atoms with Crippen LogP contribution in [-0.2, 0) is 9.59 Å². The van der Waals surface area contributed by atoms with Crippen molar-refractivity contribution >= 4 is 23.4 Å². The highest BCUT2D eigenvalue weighted by atomic mass is 35.5. The number of carbonyl (C=O) groups is 2. The number of benzene rings is 2. The van der Waals surface area contributed by atoms with Gasteiger partial charge >= 0.3 is 0 Å². The van der Waals surface area contributed by atoms with Gasteiger partial charge in [-0.3, -0.25) is 20.4 Å². The van der Waals surface area contributed by atoms with Crippen molar-refractivity contribution in [2.75, 3.05) is 13.2 Å². The lowest BCUT2D eigenvalue weighted by atomic mass is 10.1. The largest absolute Gasteiger partial charge is 0.484 e. The zero-order chi connectivity index (χ0) is 20.0. The number of carbonyl (C=O) groups excluding carboxylic acids is 2. The molecule has 144 valence electrons. The molecule has 0 aliphatic heterocycles. The first-order valence-corrected chi connectivity index (χ1v) is 8.81. The van der Waals surface area contributed by atoms with Crippen molar-refractivity contribution in [3.8, 4) is 11.5 Å². The molecule has 0 atom stereocenters. The van der Waals surface area contributed by atoms with Crippen LogP contribution < -0.4 is 20.3 Å². The fraction of sp³-hybridized carbons (Fsp3) is 0.300. The molecule has 2 N–H and O–H groups in total. The Morgan fingerprint density at radius 3 is 1.96 bits per heavy atom. The minimum atomic E-state index is -0.486. The number of halogens is 1. The molecular formula is C20H23ClN2O4. The van der Waals surface area contributed by atoms with Crippen LogP contribution in [0.5, 0.6) is 11.5 Å². The first-order valence-electron chi connectivity index (χ1n) is 8.43. The topological polar surface area (TPSA) is 76.7 Å². The third-order valence-corrected chi connectivity index (χ3v) is 4.41. The Hall–Kier alpha value is -2.73. The minimum Gasteiger partial charge on any atom is -0.484 e. The van der Waals surface area contributed by atoms with Gasteiger partial charge in [0, 0.05) is 5.02 Å². The molecule has 0 aliphatic rings. The van der Waals surface area contributed by atoms with Crippen molar-refractivity contribution in [3.63, 3.8) is 0 Å². The average molecular weight is 391 g/mol. The predicted molar refractivity (Wildman–Crippen MR) is 104 cm³/mol. The van der Waals surface area contributed by atoms with Crippen molar-refractivity contribution in [2.45, 2.75) is 27.7 Å². The van der Waals surface area contributed by atoms with Gasteiger partial charge in [0.1, 0.15) is 11.5 Å². The Kier molecular flexibility index (Phi) is 7.07. The number of aryl methyl sites for hydroxylation is 4. The number of nitrogens with one attached hydrogen (secondary N) is 2. The summed E-state index contributed by atoms with van der Waals surface area (Å²) in [5.41, 5.74) is 8.35. The van der Waals surface area contributed by atoms with Crippen LogP contribution in [0.3, 0.4) is 0 Å². The van der Waals surface area contributed by atoms with Crippen molar-refractivity contribution in [3.05, 3.63) is 57.6 Å². The van der Waals surface area contributed by atoms with Crippen LogP contribution in [0.1, 0.15) is 22.3 Å². The van der Waals surface area contributed by atoms with E-state index in [2.05, 4.69) is 10.9 Å². The average Bonchev–Trinajstić information content (AvgIpc) is 2.61. The lowest BCUT2D eigenvalue weighted by Crippen LogP contribution is -2.45. The van der Waals surface area contributed by atoms with Gasteiger partial charge in [0.25, 0.3) is 11.8 Å². The Balaban J connectivity index is 1.74. The van der Waals surface area contributed by atoms with Gasteiger partial charge in [0.05, 0.1) is 0 Å². The zero-order valence-electron chi connectivity index (χ0n) is 15.8. The molecule has 2 rings (SSSR count). The van der Waals surface area contributed by atoms with Gasteiger partial charge in [-0.1, -0.05) is 29.3 Å². The molecule has 0 radical (unpaired) electrons. The summed E-state index contributed by atoms with van der Waals surface area (Å²) in [5.74, 6) is 0.203. The van der Waals surface area contributed by atoms with E-state index >= 15 is 0 Å². The molecule has 0 aromatic heterocycles. The lowest BCUT2D eigenvalue weighted by Gasteiger charge is -2.12. The number of hydrazine groups is 1. The van der Waals surface area contributed by atoms with E-state index in [4.69, 9.17) is 21.1 Å². The number of ether oxygens (including phenoxy) is 2. The maximum absolute atomic E-state index is 11.8. The van der Waals surface area contributed by atoms with Gasteiger partial charge in [-0.15, -0.1) is 0 Å². The van der Waals surface area contributed by atoms with E-state index in [0.717, 1.165) is 22.3 Å². The normalized spacial score (nSPS) is 10.3. The van der Waals surface area contributed by atoms with Crippen LogP contribution in [0.25, 0.3) is 0 Å². The van der Waals surface area contributed by atoms with E-state index < -0.39 is 11.8 Å². The summed E-state index contributed by atoms with van der Waals surface area (Å²) in [6, 6.07) is 9.17. The maximum atomic E-state index is 11.8. The molecule has 6 nitrogen and oxygen atoms in total. The molecule has 0 saturated carbocycles. The number of rotatable bonds is 6. The lowest BCUT2D eigenvalue weighted by molar-refractivity contribution is -0.131. The SMILES string of the molecule is Cc1ccc(OCC(=O)NNC(=O)COc2cc(C)c(Cl)c(C)c2)c(C)c1. The van der Waals surface area contributed by atoms with Crippen LogP contribution in [0.2, 0.25) is 5.02 Å². The molecule has 0 unspecified atom stereocenters. The van der Waals surface area contributed by atoms with Crippen LogP contribution in [0.15, 0.2) is 30.3 Å². The fourth-order valence-electron chi connectivity index (χ4n) is 2.45. The van der Waals surface area contributed by atoms with Crippen molar-refractivity contribution < 1.29 is 19.1 Å². The summed E-state index contributed by atoms with van der Waals surface area (Å²) in [6.45, 7) is 7.16. The number of amides is 2. The second-order valence-electron chi connectivity index (χ2n) is 6.31. The molecule has 0 fully saturated rings. The number of hydrogen-bond donors (Lipinski definition) is 2. The highest BCUT2D eigenvalue weighted by Crippen LogP contribution is 2.25. The van der Waals surface area contributed by atoms with Gasteiger partial charge in [0.15, 0.2) is 13.2 Å². The third-order valence-electron chi connectivity index (χ3n) is 3.81. The van der Waals surface area contributed by atoms with Crippen molar-refractivity contribution in [1.82, 2.24) is 10.9 Å². The summed E-state index contributed by atoms with van der Waals surface area (Å²) < 4.78 is 10.9. The molecule has 0 aliphatic carbocycles. The third kappa shape index (κ3) is 6.18. The van der Waals surface area contributed by atoms with E-state index in [1.54, 1.807) is 18.2 Å². The zero-order valence-corrected chi connectivity index (χ0v) is 16.6. The highest BCUT2D eigenvalue weighted by Gasteiger charge is 2.09. The predicted octanol–water partition coefficient (Wildman–Crippen LogP) is 3.18. The second kappa shape index (κ2) is 9.28. The van der Waals surface area contributed by atoms with Gasteiger partial charge in [0.2, 0.25) is 0 Å². The van der Waals surface area contributed by atoms with Crippen molar-refractivity contribution in [2.24, 2.45) is 0 Å². The first kappa shape index (κ1) is 20.6. The monoisotopic (exact) mass is 390 g/mol. The molecule has 2 aromatic carbocycles. The summed E-state index contributed by atoms with van der Waals surface area (Å²) in [7, 11) is 0. The maximum Gasteiger partial charge on any atom is 0.276 e. The van der Waals surface area contributed by atoms with Gasteiger partial charge in [-0.2, -0.15) is 0 Å². The second-order valence-corrected chi connectivity index (χ2v) is 6.69. The highest BCUT2D eigenvalue weighted by molar-refractivity contribution is 6.32. The quantitative estimate of drug-likeness (QED) is 0.743. The standard InChI is InChI=1S/C20H23ClN2O4/c1-12-5-6-17(13(2)7-12)27-11-19(25)23-22-18(24)10-26-16-8-14(3)20(21)15(4)9-16/h5-9H,10-11H2,1-4H3,(H,22,24)(H,23,25). The fourth-order valence-corrected chi connectivity index (χ4v) is 2.56. The Bertz CT molecular complexity index is 829. The smallest absolute Gasteiger partial charge is 0.276 e. The number of hydrogen-bond acceptors (Lipinski definition) is 4. The molecule has 2 aromatic rings. The summed E-state index contributed by atoms with van der Waals surface area (Å²) >= 11 is 6.09. The molecule has 0 bridgehead atoms. The molecule has 0 spiro atoms.